The molecule has 0 radical (unpaired) electrons. The number of aromatic nitrogens is 2. The Hall–Kier alpha value is -1.28. The molecule has 132 valence electrons. The van der Waals surface area contributed by atoms with E-state index in [1.54, 1.807) is 6.07 Å². The predicted octanol–water partition coefficient (Wildman–Crippen LogP) is 3.49. The van der Waals surface area contributed by atoms with Crippen molar-refractivity contribution in [2.75, 3.05) is 24.5 Å². The van der Waals surface area contributed by atoms with Gasteiger partial charge in [0.25, 0.3) is 0 Å². The number of anilines is 1. The van der Waals surface area contributed by atoms with Gasteiger partial charge in [0.2, 0.25) is 5.95 Å². The first-order valence-electron chi connectivity index (χ1n) is 7.45. The quantitative estimate of drug-likeness (QED) is 0.637. The van der Waals surface area contributed by atoms with E-state index in [0.717, 1.165) is 25.6 Å². The Morgan fingerprint density at radius 3 is 2.79 bits per heavy atom. The number of halogens is 3. The summed E-state index contributed by atoms with van der Waals surface area (Å²) in [7, 11) is 0. The van der Waals surface area contributed by atoms with Gasteiger partial charge in [-0.05, 0) is 19.9 Å². The second-order valence-corrected chi connectivity index (χ2v) is 6.33. The topological polar surface area (TPSA) is 76.2 Å². The largest absolute Gasteiger partial charge is 0.337 e. The maximum Gasteiger partial charge on any atom is 0.317 e. The van der Waals surface area contributed by atoms with Crippen LogP contribution in [0.3, 0.4) is 0 Å². The van der Waals surface area contributed by atoms with Crippen LogP contribution in [0.25, 0.3) is 11.0 Å². The monoisotopic (exact) mass is 393 g/mol. The summed E-state index contributed by atoms with van der Waals surface area (Å²) in [4.78, 5) is 17.6. The minimum absolute atomic E-state index is 0. The second kappa shape index (κ2) is 7.31. The summed E-state index contributed by atoms with van der Waals surface area (Å²) in [6, 6.07) is 1.90. The minimum Gasteiger partial charge on any atom is -0.337 e. The number of hydrogen-bond acceptors (Lipinski definition) is 5. The van der Waals surface area contributed by atoms with Crippen molar-refractivity contribution >= 4 is 58.3 Å². The van der Waals surface area contributed by atoms with Crippen LogP contribution in [0, 0.1) is 10.1 Å². The number of rotatable bonds is 3. The first-order chi connectivity index (χ1) is 11.0. The number of fused-ring (bicyclic) bond motifs is 1. The maximum absolute atomic E-state index is 11.4. The summed E-state index contributed by atoms with van der Waals surface area (Å²) < 4.78 is 1.95. The number of nitrogens with one attached hydrogen (secondary N) is 1. The average molecular weight is 395 g/mol. The van der Waals surface area contributed by atoms with Crippen LogP contribution >= 0.6 is 35.6 Å². The zero-order valence-corrected chi connectivity index (χ0v) is 15.6. The molecule has 2 aromatic rings. The highest BCUT2D eigenvalue weighted by molar-refractivity contribution is 6.44. The van der Waals surface area contributed by atoms with Crippen LogP contribution in [0.5, 0.6) is 0 Å². The third-order valence-electron chi connectivity index (χ3n) is 4.15. The highest BCUT2D eigenvalue weighted by Gasteiger charge is 2.29. The third-order valence-corrected chi connectivity index (χ3v) is 4.93. The van der Waals surface area contributed by atoms with Crippen molar-refractivity contribution in [2.45, 2.75) is 26.4 Å². The molecule has 24 heavy (non-hydrogen) atoms. The van der Waals surface area contributed by atoms with Gasteiger partial charge in [-0.1, -0.05) is 23.2 Å². The average Bonchev–Trinajstić information content (AvgIpc) is 2.85. The van der Waals surface area contributed by atoms with Gasteiger partial charge in [-0.2, -0.15) is 0 Å². The SMILES string of the molecule is CCn1c(N2CCNC[C@@H]2C)nc2c([N+](=O)[O-])c(Cl)c(Cl)cc21.Cl. The van der Waals surface area contributed by atoms with Crippen molar-refractivity contribution in [3.63, 3.8) is 0 Å². The molecule has 1 fully saturated rings. The van der Waals surface area contributed by atoms with Gasteiger partial charge >= 0.3 is 5.69 Å². The summed E-state index contributed by atoms with van der Waals surface area (Å²) in [5.41, 5.74) is 0.687. The summed E-state index contributed by atoms with van der Waals surface area (Å²) in [6.45, 7) is 7.19. The van der Waals surface area contributed by atoms with Crippen LogP contribution in [0.1, 0.15) is 13.8 Å². The van der Waals surface area contributed by atoms with Gasteiger partial charge in [-0.25, -0.2) is 4.98 Å². The van der Waals surface area contributed by atoms with Crippen LogP contribution < -0.4 is 10.2 Å². The number of aryl methyl sites for hydroxylation is 1. The molecular formula is C14H18Cl3N5O2. The van der Waals surface area contributed by atoms with E-state index in [0.29, 0.717) is 12.1 Å². The highest BCUT2D eigenvalue weighted by atomic mass is 35.5. The molecule has 10 heteroatoms. The van der Waals surface area contributed by atoms with Crippen molar-refractivity contribution < 1.29 is 4.92 Å². The van der Waals surface area contributed by atoms with E-state index in [1.807, 2.05) is 11.5 Å². The molecule has 1 N–H and O–H groups in total. The molecule has 0 saturated carbocycles. The van der Waals surface area contributed by atoms with Gasteiger partial charge in [0.15, 0.2) is 5.52 Å². The van der Waals surface area contributed by atoms with Crippen LogP contribution in [0.15, 0.2) is 6.07 Å². The lowest BCUT2D eigenvalue weighted by Gasteiger charge is -2.34. The first kappa shape index (κ1) is 19.1. The van der Waals surface area contributed by atoms with Gasteiger partial charge in [-0.15, -0.1) is 12.4 Å². The standard InChI is InChI=1S/C14H17Cl2N5O2.ClH/c1-3-19-10-6-9(15)11(16)13(21(22)23)12(10)18-14(19)20-5-4-17-7-8(20)2;/h6,8,17H,3-5,7H2,1-2H3;1H/t8-;/m0./s1. The molecule has 1 aliphatic rings. The molecule has 1 saturated heterocycles. The Kier molecular flexibility index (Phi) is 5.80. The fraction of sp³-hybridized carbons (Fsp3) is 0.500. The second-order valence-electron chi connectivity index (χ2n) is 5.55. The molecule has 0 aliphatic carbocycles. The van der Waals surface area contributed by atoms with Gasteiger partial charge in [0.05, 0.1) is 15.5 Å². The number of nitro benzene ring substituents is 1. The third kappa shape index (κ3) is 3.01. The van der Waals surface area contributed by atoms with Crippen molar-refractivity contribution in [1.82, 2.24) is 14.9 Å². The summed E-state index contributed by atoms with van der Waals surface area (Å²) in [6.07, 6.45) is 0. The zero-order chi connectivity index (χ0) is 16.7. The molecule has 0 unspecified atom stereocenters. The zero-order valence-electron chi connectivity index (χ0n) is 13.3. The number of imidazole rings is 1. The summed E-state index contributed by atoms with van der Waals surface area (Å²) in [5, 5.41) is 14.9. The molecule has 2 heterocycles. The predicted molar refractivity (Wildman–Crippen MR) is 99.0 cm³/mol. The normalized spacial score (nSPS) is 17.8. The van der Waals surface area contributed by atoms with Gasteiger partial charge in [0, 0.05) is 32.2 Å². The van der Waals surface area contributed by atoms with E-state index in [1.165, 1.54) is 0 Å². The molecule has 1 atom stereocenters. The summed E-state index contributed by atoms with van der Waals surface area (Å²) >= 11 is 12.1. The first-order valence-corrected chi connectivity index (χ1v) is 8.21. The molecule has 3 rings (SSSR count). The van der Waals surface area contributed by atoms with E-state index in [4.69, 9.17) is 23.2 Å². The number of piperazine rings is 1. The Morgan fingerprint density at radius 1 is 1.50 bits per heavy atom. The van der Waals surface area contributed by atoms with Crippen LogP contribution in [-0.2, 0) is 6.54 Å². The van der Waals surface area contributed by atoms with Crippen LogP contribution in [-0.4, -0.2) is 40.2 Å². The Morgan fingerprint density at radius 2 is 2.21 bits per heavy atom. The smallest absolute Gasteiger partial charge is 0.317 e. The molecule has 0 amide bonds. The number of hydrogen-bond donors (Lipinski definition) is 1. The fourth-order valence-corrected chi connectivity index (χ4v) is 3.42. The summed E-state index contributed by atoms with van der Waals surface area (Å²) in [5.74, 6) is 0.720. The molecular weight excluding hydrogens is 377 g/mol. The molecule has 1 aliphatic heterocycles. The van der Waals surface area contributed by atoms with E-state index >= 15 is 0 Å². The molecule has 1 aromatic carbocycles. The van der Waals surface area contributed by atoms with E-state index in [2.05, 4.69) is 22.1 Å². The van der Waals surface area contributed by atoms with Crippen LogP contribution in [0.4, 0.5) is 11.6 Å². The molecule has 0 bridgehead atoms. The molecule has 7 nitrogen and oxygen atoms in total. The highest BCUT2D eigenvalue weighted by Crippen LogP contribution is 2.40. The number of nitro groups is 1. The molecule has 1 aromatic heterocycles. The Balaban J connectivity index is 0.00000208. The Bertz CT molecular complexity index is 780. The minimum atomic E-state index is -0.519. The van der Waals surface area contributed by atoms with Crippen molar-refractivity contribution in [2.24, 2.45) is 0 Å². The maximum atomic E-state index is 11.4. The van der Waals surface area contributed by atoms with Gasteiger partial charge in [-0.3, -0.25) is 10.1 Å². The van der Waals surface area contributed by atoms with Crippen LogP contribution in [0.2, 0.25) is 10.0 Å². The lowest BCUT2D eigenvalue weighted by molar-refractivity contribution is -0.383. The van der Waals surface area contributed by atoms with Crippen molar-refractivity contribution in [3.05, 3.63) is 26.2 Å². The number of benzene rings is 1. The molecule has 0 spiro atoms. The Labute approximate surface area is 155 Å². The van der Waals surface area contributed by atoms with E-state index in [9.17, 15) is 10.1 Å². The van der Waals surface area contributed by atoms with Gasteiger partial charge in [0.1, 0.15) is 5.02 Å². The van der Waals surface area contributed by atoms with E-state index < -0.39 is 4.92 Å². The number of nitrogens with zero attached hydrogens (tertiary/aromatic N) is 4. The fourth-order valence-electron chi connectivity index (χ4n) is 3.01. The van der Waals surface area contributed by atoms with Crippen molar-refractivity contribution in [1.29, 1.82) is 0 Å². The lowest BCUT2D eigenvalue weighted by Crippen LogP contribution is -2.50. The van der Waals surface area contributed by atoms with E-state index in [-0.39, 0.29) is 39.7 Å². The van der Waals surface area contributed by atoms with Gasteiger partial charge < -0.3 is 14.8 Å². The van der Waals surface area contributed by atoms with Crippen molar-refractivity contribution in [3.8, 4) is 0 Å². The lowest BCUT2D eigenvalue weighted by atomic mass is 10.2.